The first kappa shape index (κ1) is 9.47. The van der Waals surface area contributed by atoms with Gasteiger partial charge in [0.05, 0.1) is 13.5 Å². The Labute approximate surface area is 75.9 Å². The number of nitrogens with zero attached hydrogens (tertiary/aromatic N) is 1. The van der Waals surface area contributed by atoms with Gasteiger partial charge in [-0.25, -0.2) is 10.8 Å². The first-order valence-electron chi connectivity index (χ1n) is 3.74. The number of amides is 1. The molecule has 0 fully saturated rings. The molecule has 0 spiro atoms. The van der Waals surface area contributed by atoms with E-state index in [4.69, 9.17) is 10.6 Å². The summed E-state index contributed by atoms with van der Waals surface area (Å²) < 4.78 is 4.86. The predicted octanol–water partition coefficient (Wildman–Crippen LogP) is -0.377. The average molecular weight is 181 g/mol. The Bertz CT molecular complexity index is 284. The van der Waals surface area contributed by atoms with Crippen molar-refractivity contribution in [1.82, 2.24) is 10.4 Å². The van der Waals surface area contributed by atoms with Crippen LogP contribution in [-0.2, 0) is 11.2 Å². The number of hydrogen-bond donors (Lipinski definition) is 2. The molecule has 0 atom stereocenters. The minimum Gasteiger partial charge on any atom is -0.481 e. The Morgan fingerprint density at radius 1 is 1.69 bits per heavy atom. The molecular formula is C8H11N3O2. The van der Waals surface area contributed by atoms with Gasteiger partial charge in [0.15, 0.2) is 0 Å². The number of hydrazine groups is 1. The van der Waals surface area contributed by atoms with Gasteiger partial charge in [0.2, 0.25) is 11.8 Å². The Morgan fingerprint density at radius 2 is 2.46 bits per heavy atom. The summed E-state index contributed by atoms with van der Waals surface area (Å²) in [5.74, 6) is 5.21. The van der Waals surface area contributed by atoms with Crippen molar-refractivity contribution in [3.05, 3.63) is 23.9 Å². The van der Waals surface area contributed by atoms with Crippen LogP contribution in [-0.4, -0.2) is 18.0 Å². The molecule has 0 saturated heterocycles. The second-order valence-electron chi connectivity index (χ2n) is 2.45. The number of pyridine rings is 1. The van der Waals surface area contributed by atoms with E-state index in [1.165, 1.54) is 7.11 Å². The molecule has 1 amide bonds. The van der Waals surface area contributed by atoms with Gasteiger partial charge < -0.3 is 4.74 Å². The van der Waals surface area contributed by atoms with Crippen molar-refractivity contribution in [2.24, 2.45) is 5.84 Å². The Morgan fingerprint density at radius 3 is 2.92 bits per heavy atom. The molecule has 0 saturated carbocycles. The van der Waals surface area contributed by atoms with Crippen LogP contribution in [0.2, 0.25) is 0 Å². The van der Waals surface area contributed by atoms with Crippen LogP contribution in [0, 0.1) is 0 Å². The molecule has 1 aromatic heterocycles. The number of aromatic nitrogens is 1. The van der Waals surface area contributed by atoms with Crippen LogP contribution in [0.4, 0.5) is 0 Å². The van der Waals surface area contributed by atoms with E-state index in [9.17, 15) is 4.79 Å². The lowest BCUT2D eigenvalue weighted by Gasteiger charge is -2.01. The van der Waals surface area contributed by atoms with Gasteiger partial charge in [-0.15, -0.1) is 0 Å². The van der Waals surface area contributed by atoms with Crippen molar-refractivity contribution in [2.75, 3.05) is 7.11 Å². The van der Waals surface area contributed by atoms with E-state index < -0.39 is 0 Å². The first-order chi connectivity index (χ1) is 6.26. The van der Waals surface area contributed by atoms with Crippen molar-refractivity contribution >= 4 is 5.91 Å². The van der Waals surface area contributed by atoms with Crippen molar-refractivity contribution < 1.29 is 9.53 Å². The van der Waals surface area contributed by atoms with Gasteiger partial charge in [0.25, 0.3) is 0 Å². The number of methoxy groups -OCH3 is 1. The maximum atomic E-state index is 10.8. The van der Waals surface area contributed by atoms with Crippen LogP contribution >= 0.6 is 0 Å². The summed E-state index contributed by atoms with van der Waals surface area (Å²) in [6.45, 7) is 0. The summed E-state index contributed by atoms with van der Waals surface area (Å²) in [4.78, 5) is 14.8. The highest BCUT2D eigenvalue weighted by Crippen LogP contribution is 2.06. The van der Waals surface area contributed by atoms with Gasteiger partial charge in [-0.3, -0.25) is 10.2 Å². The lowest BCUT2D eigenvalue weighted by molar-refractivity contribution is -0.120. The van der Waals surface area contributed by atoms with E-state index in [0.29, 0.717) is 5.88 Å². The lowest BCUT2D eigenvalue weighted by Crippen LogP contribution is -2.31. The second kappa shape index (κ2) is 4.42. The molecule has 13 heavy (non-hydrogen) atoms. The zero-order valence-corrected chi connectivity index (χ0v) is 7.28. The topological polar surface area (TPSA) is 77.2 Å². The number of carbonyl (C=O) groups excluding carboxylic acids is 1. The Kier molecular flexibility index (Phi) is 3.22. The molecule has 5 heteroatoms. The number of rotatable bonds is 3. The van der Waals surface area contributed by atoms with Crippen LogP contribution in [0.3, 0.4) is 0 Å². The van der Waals surface area contributed by atoms with Gasteiger partial charge in [0, 0.05) is 12.3 Å². The zero-order chi connectivity index (χ0) is 9.68. The fourth-order valence-corrected chi connectivity index (χ4v) is 0.873. The molecule has 1 aromatic rings. The average Bonchev–Trinajstić information content (AvgIpc) is 2.19. The molecule has 5 nitrogen and oxygen atoms in total. The molecule has 1 rings (SSSR count). The SMILES string of the molecule is COc1ccc(CC(=O)NN)cn1. The highest BCUT2D eigenvalue weighted by molar-refractivity contribution is 5.77. The third-order valence-electron chi connectivity index (χ3n) is 1.53. The predicted molar refractivity (Wildman–Crippen MR) is 46.8 cm³/mol. The van der Waals surface area contributed by atoms with E-state index in [0.717, 1.165) is 5.56 Å². The third kappa shape index (κ3) is 2.72. The standard InChI is InChI=1S/C8H11N3O2/c1-13-8-3-2-6(5-10-8)4-7(12)11-9/h2-3,5H,4,9H2,1H3,(H,11,12). The molecule has 1 heterocycles. The summed E-state index contributed by atoms with van der Waals surface area (Å²) >= 11 is 0. The maximum Gasteiger partial charge on any atom is 0.238 e. The molecule has 0 aliphatic rings. The summed E-state index contributed by atoms with van der Waals surface area (Å²) in [6.07, 6.45) is 1.81. The van der Waals surface area contributed by atoms with Crippen molar-refractivity contribution in [1.29, 1.82) is 0 Å². The maximum absolute atomic E-state index is 10.8. The largest absolute Gasteiger partial charge is 0.481 e. The molecule has 0 unspecified atom stereocenters. The van der Waals surface area contributed by atoms with Crippen molar-refractivity contribution in [3.8, 4) is 5.88 Å². The quantitative estimate of drug-likeness (QED) is 0.378. The number of nitrogens with one attached hydrogen (secondary N) is 1. The lowest BCUT2D eigenvalue weighted by atomic mass is 10.2. The van der Waals surface area contributed by atoms with E-state index in [1.807, 2.05) is 5.43 Å². The Hall–Kier alpha value is -1.62. The monoisotopic (exact) mass is 181 g/mol. The molecule has 0 aliphatic heterocycles. The highest BCUT2D eigenvalue weighted by atomic mass is 16.5. The van der Waals surface area contributed by atoms with Gasteiger partial charge in [-0.1, -0.05) is 6.07 Å². The molecule has 0 aliphatic carbocycles. The number of nitrogens with two attached hydrogens (primary N) is 1. The molecule has 3 N–H and O–H groups in total. The minimum absolute atomic E-state index is 0.230. The fraction of sp³-hybridized carbons (Fsp3) is 0.250. The smallest absolute Gasteiger partial charge is 0.238 e. The normalized spacial score (nSPS) is 9.38. The number of hydrogen-bond acceptors (Lipinski definition) is 4. The van der Waals surface area contributed by atoms with E-state index >= 15 is 0 Å². The van der Waals surface area contributed by atoms with Gasteiger partial charge in [-0.05, 0) is 5.56 Å². The van der Waals surface area contributed by atoms with Gasteiger partial charge >= 0.3 is 0 Å². The summed E-state index contributed by atoms with van der Waals surface area (Å²) in [5.41, 5.74) is 2.84. The van der Waals surface area contributed by atoms with E-state index in [2.05, 4.69) is 4.98 Å². The van der Waals surface area contributed by atoms with Crippen LogP contribution in [0.5, 0.6) is 5.88 Å². The molecule has 0 bridgehead atoms. The highest BCUT2D eigenvalue weighted by Gasteiger charge is 2.01. The third-order valence-corrected chi connectivity index (χ3v) is 1.53. The van der Waals surface area contributed by atoms with Crippen LogP contribution < -0.4 is 16.0 Å². The summed E-state index contributed by atoms with van der Waals surface area (Å²) in [7, 11) is 1.54. The minimum atomic E-state index is -0.244. The molecule has 0 radical (unpaired) electrons. The van der Waals surface area contributed by atoms with E-state index in [1.54, 1.807) is 18.3 Å². The summed E-state index contributed by atoms with van der Waals surface area (Å²) in [5, 5.41) is 0. The fourth-order valence-electron chi connectivity index (χ4n) is 0.873. The van der Waals surface area contributed by atoms with Crippen LogP contribution in [0.1, 0.15) is 5.56 Å². The van der Waals surface area contributed by atoms with E-state index in [-0.39, 0.29) is 12.3 Å². The van der Waals surface area contributed by atoms with Crippen molar-refractivity contribution in [3.63, 3.8) is 0 Å². The first-order valence-corrected chi connectivity index (χ1v) is 3.74. The molecular weight excluding hydrogens is 170 g/mol. The van der Waals surface area contributed by atoms with Crippen LogP contribution in [0.15, 0.2) is 18.3 Å². The summed E-state index contributed by atoms with van der Waals surface area (Å²) in [6, 6.07) is 3.46. The molecule has 0 aromatic carbocycles. The van der Waals surface area contributed by atoms with Crippen LogP contribution in [0.25, 0.3) is 0 Å². The van der Waals surface area contributed by atoms with Gasteiger partial charge in [0.1, 0.15) is 0 Å². The number of ether oxygens (including phenoxy) is 1. The zero-order valence-electron chi connectivity index (χ0n) is 7.28. The van der Waals surface area contributed by atoms with Gasteiger partial charge in [-0.2, -0.15) is 0 Å². The number of carbonyl (C=O) groups is 1. The second-order valence-corrected chi connectivity index (χ2v) is 2.45. The molecule has 70 valence electrons. The van der Waals surface area contributed by atoms with Crippen molar-refractivity contribution in [2.45, 2.75) is 6.42 Å². The Balaban J connectivity index is 2.64.